The molecule has 2 aliphatic rings. The van der Waals surface area contributed by atoms with Gasteiger partial charge in [0.1, 0.15) is 0 Å². The first-order chi connectivity index (χ1) is 14.4. The molecule has 1 amide bonds. The molecule has 7 heteroatoms. The Bertz CT molecular complexity index is 1100. The molecule has 2 aliphatic heterocycles. The number of aromatic nitrogens is 3. The number of nitrogens with zero attached hydrogens (tertiary/aromatic N) is 5. The summed E-state index contributed by atoms with van der Waals surface area (Å²) < 4.78 is 1.72. The van der Waals surface area contributed by atoms with Crippen LogP contribution in [0.5, 0.6) is 0 Å². The highest BCUT2D eigenvalue weighted by Crippen LogP contribution is 2.36. The first-order valence-electron chi connectivity index (χ1n) is 10.6. The molecule has 0 aliphatic carbocycles. The summed E-state index contributed by atoms with van der Waals surface area (Å²) in [6, 6.07) is 12.8. The van der Waals surface area contributed by atoms with Crippen molar-refractivity contribution in [1.29, 1.82) is 0 Å². The maximum absolute atomic E-state index is 12.7. The van der Waals surface area contributed by atoms with Crippen molar-refractivity contribution in [2.24, 2.45) is 0 Å². The quantitative estimate of drug-likeness (QED) is 0.724. The van der Waals surface area contributed by atoms with E-state index in [9.17, 15) is 9.90 Å². The van der Waals surface area contributed by atoms with Crippen LogP contribution < -0.4 is 4.90 Å². The first-order valence-corrected chi connectivity index (χ1v) is 10.6. The number of carbonyl (C=O) groups is 1. The molecule has 0 unspecified atom stereocenters. The second-order valence-corrected chi connectivity index (χ2v) is 8.88. The number of benzene rings is 1. The monoisotopic (exact) mass is 405 g/mol. The van der Waals surface area contributed by atoms with E-state index in [1.54, 1.807) is 9.42 Å². The summed E-state index contributed by atoms with van der Waals surface area (Å²) in [7, 11) is 0. The van der Waals surface area contributed by atoms with Crippen LogP contribution in [0.15, 0.2) is 42.6 Å². The van der Waals surface area contributed by atoms with Gasteiger partial charge in [0.05, 0.1) is 18.0 Å². The number of anilines is 1. The molecular weight excluding hydrogens is 378 g/mol. The fraction of sp³-hybridized carbons (Fsp3) is 0.435. The number of aryl methyl sites for hydroxylation is 1. The molecule has 0 bridgehead atoms. The van der Waals surface area contributed by atoms with Gasteiger partial charge in [0.15, 0.2) is 5.65 Å². The lowest BCUT2D eigenvalue weighted by Crippen LogP contribution is -2.30. The van der Waals surface area contributed by atoms with Gasteiger partial charge in [-0.3, -0.25) is 4.79 Å². The zero-order chi connectivity index (χ0) is 20.9. The van der Waals surface area contributed by atoms with Gasteiger partial charge >= 0.3 is 0 Å². The molecule has 2 aromatic heterocycles. The van der Waals surface area contributed by atoms with Crippen LogP contribution in [-0.4, -0.2) is 62.8 Å². The normalized spacial score (nSPS) is 24.2. The second-order valence-electron chi connectivity index (χ2n) is 8.88. The van der Waals surface area contributed by atoms with Crippen LogP contribution in [0, 0.1) is 6.92 Å². The largest absolute Gasteiger partial charge is 0.391 e. The summed E-state index contributed by atoms with van der Waals surface area (Å²) in [4.78, 5) is 21.2. The van der Waals surface area contributed by atoms with Crippen molar-refractivity contribution in [2.45, 2.75) is 38.2 Å². The van der Waals surface area contributed by atoms with Crippen molar-refractivity contribution in [1.82, 2.24) is 19.5 Å². The van der Waals surface area contributed by atoms with Crippen LogP contribution in [0.2, 0.25) is 0 Å². The lowest BCUT2D eigenvalue weighted by molar-refractivity contribution is 0.0753. The molecule has 2 atom stereocenters. The van der Waals surface area contributed by atoms with E-state index in [1.165, 1.54) is 5.56 Å². The molecule has 1 N–H and O–H groups in total. The maximum atomic E-state index is 12.7. The van der Waals surface area contributed by atoms with E-state index >= 15 is 0 Å². The smallest absolute Gasteiger partial charge is 0.293 e. The summed E-state index contributed by atoms with van der Waals surface area (Å²) in [6.45, 7) is 7.14. The van der Waals surface area contributed by atoms with Crippen molar-refractivity contribution in [2.75, 3.05) is 31.1 Å². The summed E-state index contributed by atoms with van der Waals surface area (Å²) in [5.41, 5.74) is 4.28. The minimum Gasteiger partial charge on any atom is -0.391 e. The van der Waals surface area contributed by atoms with E-state index in [4.69, 9.17) is 0 Å². The average Bonchev–Trinajstić information content (AvgIpc) is 3.47. The average molecular weight is 406 g/mol. The zero-order valence-corrected chi connectivity index (χ0v) is 17.5. The Morgan fingerprint density at radius 1 is 1.23 bits per heavy atom. The summed E-state index contributed by atoms with van der Waals surface area (Å²) in [5.74, 6) is -0.0195. The van der Waals surface area contributed by atoms with Crippen LogP contribution in [0.3, 0.4) is 0 Å². The molecule has 1 aromatic carbocycles. The van der Waals surface area contributed by atoms with Crippen molar-refractivity contribution in [3.8, 4) is 0 Å². The first kappa shape index (κ1) is 19.1. The predicted octanol–water partition coefficient (Wildman–Crippen LogP) is 2.41. The number of likely N-dealkylation sites (tertiary alicyclic amines) is 1. The summed E-state index contributed by atoms with van der Waals surface area (Å²) in [6.07, 6.45) is 3.22. The molecule has 2 saturated heterocycles. The molecule has 2 fully saturated rings. The van der Waals surface area contributed by atoms with Gasteiger partial charge in [-0.15, -0.1) is 5.10 Å². The number of aliphatic hydroxyl groups excluding tert-OH is 1. The van der Waals surface area contributed by atoms with Gasteiger partial charge < -0.3 is 14.9 Å². The molecule has 7 nitrogen and oxygen atoms in total. The van der Waals surface area contributed by atoms with Crippen LogP contribution in [0.25, 0.3) is 5.65 Å². The summed E-state index contributed by atoms with van der Waals surface area (Å²) in [5, 5.41) is 14.2. The Morgan fingerprint density at radius 2 is 2.03 bits per heavy atom. The van der Waals surface area contributed by atoms with E-state index in [2.05, 4.69) is 58.3 Å². The van der Waals surface area contributed by atoms with Crippen LogP contribution in [-0.2, 0) is 5.41 Å². The molecule has 5 rings (SSSR count). The number of amides is 1. The van der Waals surface area contributed by atoms with Crippen molar-refractivity contribution < 1.29 is 9.90 Å². The lowest BCUT2D eigenvalue weighted by Gasteiger charge is -2.26. The highest BCUT2D eigenvalue weighted by molar-refractivity contribution is 5.91. The van der Waals surface area contributed by atoms with Crippen LogP contribution in [0.1, 0.15) is 41.5 Å². The number of hydrogen-bond donors (Lipinski definition) is 1. The number of aliphatic hydroxyl groups is 1. The van der Waals surface area contributed by atoms with E-state index < -0.39 is 6.10 Å². The Kier molecular flexibility index (Phi) is 4.50. The molecule has 0 spiro atoms. The summed E-state index contributed by atoms with van der Waals surface area (Å²) >= 11 is 0. The fourth-order valence-electron chi connectivity index (χ4n) is 4.72. The van der Waals surface area contributed by atoms with E-state index in [1.807, 2.05) is 13.1 Å². The van der Waals surface area contributed by atoms with Crippen LogP contribution in [0.4, 0.5) is 5.69 Å². The third-order valence-electron chi connectivity index (χ3n) is 6.55. The van der Waals surface area contributed by atoms with Crippen LogP contribution >= 0.6 is 0 Å². The number of carbonyl (C=O) groups excluding carboxylic acids is 1. The maximum Gasteiger partial charge on any atom is 0.293 e. The van der Waals surface area contributed by atoms with Gasteiger partial charge in [-0.05, 0) is 37.0 Å². The topological polar surface area (TPSA) is 74.0 Å². The van der Waals surface area contributed by atoms with E-state index in [-0.39, 0.29) is 17.1 Å². The highest BCUT2D eigenvalue weighted by atomic mass is 16.3. The molecule has 3 aromatic rings. The van der Waals surface area contributed by atoms with E-state index in [0.29, 0.717) is 25.2 Å². The lowest BCUT2D eigenvalue weighted by atomic mass is 9.82. The van der Waals surface area contributed by atoms with Crippen molar-refractivity contribution >= 4 is 17.2 Å². The third-order valence-corrected chi connectivity index (χ3v) is 6.55. The van der Waals surface area contributed by atoms with Gasteiger partial charge in [-0.1, -0.05) is 37.3 Å². The number of rotatable bonds is 3. The number of β-amino-alcohol motifs (C(OH)–C–C–N with tert-alkyl or cyclic N) is 1. The second kappa shape index (κ2) is 7.09. The molecule has 30 heavy (non-hydrogen) atoms. The Labute approximate surface area is 175 Å². The van der Waals surface area contributed by atoms with Gasteiger partial charge in [0.25, 0.3) is 5.91 Å². The standard InChI is InChI=1S/C23H27N5O2/c1-16-12-18(27-11-9-23(2,15-27)17-6-4-3-5-7-17)13-28-21(16)24-20(25-28)22(30)26-10-8-19(29)14-26/h3-7,12-13,19,29H,8-11,14-15H2,1-2H3/t19-,23-/m0/s1. The number of hydrogen-bond acceptors (Lipinski definition) is 5. The molecular formula is C23H27N5O2. The van der Waals surface area contributed by atoms with Gasteiger partial charge in [0, 0.05) is 31.6 Å². The third kappa shape index (κ3) is 3.23. The molecule has 0 saturated carbocycles. The van der Waals surface area contributed by atoms with Gasteiger partial charge in [-0.2, -0.15) is 0 Å². The molecule has 0 radical (unpaired) electrons. The Balaban J connectivity index is 1.42. The zero-order valence-electron chi connectivity index (χ0n) is 17.5. The van der Waals surface area contributed by atoms with E-state index in [0.717, 1.165) is 30.8 Å². The Morgan fingerprint density at radius 3 is 2.77 bits per heavy atom. The minimum atomic E-state index is -0.451. The molecule has 4 heterocycles. The highest BCUT2D eigenvalue weighted by Gasteiger charge is 2.36. The van der Waals surface area contributed by atoms with Gasteiger partial charge in [-0.25, -0.2) is 9.50 Å². The number of fused-ring (bicyclic) bond motifs is 1. The minimum absolute atomic E-state index is 0.115. The predicted molar refractivity (Wildman–Crippen MR) is 115 cm³/mol. The Hall–Kier alpha value is -2.93. The van der Waals surface area contributed by atoms with Gasteiger partial charge in [0.2, 0.25) is 5.82 Å². The molecule has 156 valence electrons. The fourth-order valence-corrected chi connectivity index (χ4v) is 4.72. The number of pyridine rings is 1. The van der Waals surface area contributed by atoms with Crippen molar-refractivity contribution in [3.05, 3.63) is 59.5 Å². The SMILES string of the molecule is Cc1cc(N2CC[C@](C)(c3ccccc3)C2)cn2nc(C(=O)N3CC[C@H](O)C3)nc12. The van der Waals surface area contributed by atoms with Crippen molar-refractivity contribution in [3.63, 3.8) is 0 Å².